The zero-order valence-corrected chi connectivity index (χ0v) is 11.7. The second-order valence-corrected chi connectivity index (χ2v) is 6.60. The molecule has 1 aromatic carbocycles. The summed E-state index contributed by atoms with van der Waals surface area (Å²) in [7, 11) is -3.25. The molecule has 2 heterocycles. The van der Waals surface area contributed by atoms with Crippen LogP contribution in [0.3, 0.4) is 0 Å². The largest absolute Gasteiger partial charge is 0.359 e. The Morgan fingerprint density at radius 1 is 1.20 bits per heavy atom. The summed E-state index contributed by atoms with van der Waals surface area (Å²) in [6, 6.07) is 8.80. The van der Waals surface area contributed by atoms with Crippen LogP contribution in [0.4, 0.5) is 0 Å². The average Bonchev–Trinajstić information content (AvgIpc) is 2.85. The summed E-state index contributed by atoms with van der Waals surface area (Å²) < 4.78 is 23.5. The van der Waals surface area contributed by atoms with Crippen LogP contribution in [0.15, 0.2) is 47.6 Å². The highest BCUT2D eigenvalue weighted by molar-refractivity contribution is 7.90. The van der Waals surface area contributed by atoms with E-state index in [1.165, 1.54) is 6.26 Å². The minimum atomic E-state index is -3.25. The number of aromatic nitrogens is 3. The van der Waals surface area contributed by atoms with Gasteiger partial charge in [0.05, 0.1) is 22.1 Å². The predicted octanol–water partition coefficient (Wildman–Crippen LogP) is 1.95. The Bertz CT molecular complexity index is 869. The topological polar surface area (TPSA) is 75.7 Å². The fraction of sp³-hybridized carbons (Fsp3) is 0.143. The van der Waals surface area contributed by atoms with E-state index in [1.807, 2.05) is 12.1 Å². The second kappa shape index (κ2) is 4.72. The lowest BCUT2D eigenvalue weighted by Gasteiger charge is -2.06. The molecule has 0 radical (unpaired) electrons. The van der Waals surface area contributed by atoms with E-state index in [0.29, 0.717) is 22.7 Å². The van der Waals surface area contributed by atoms with E-state index in [4.69, 9.17) is 0 Å². The van der Waals surface area contributed by atoms with E-state index in [0.717, 1.165) is 11.0 Å². The van der Waals surface area contributed by atoms with Crippen LogP contribution in [-0.2, 0) is 16.3 Å². The van der Waals surface area contributed by atoms with Gasteiger partial charge in [-0.05, 0) is 17.7 Å². The Balaban J connectivity index is 2.02. The fourth-order valence-electron chi connectivity index (χ4n) is 2.15. The van der Waals surface area contributed by atoms with Crippen molar-refractivity contribution in [2.45, 2.75) is 11.3 Å². The standard InChI is InChI=1S/C14H13N3O2S/c1-20(18,19)13-5-3-2-4-10(13)8-14-16-9-12-11(17-14)6-7-15-12/h2-7,9,15H,8H2,1H3. The van der Waals surface area contributed by atoms with E-state index >= 15 is 0 Å². The van der Waals surface area contributed by atoms with Gasteiger partial charge in [-0.25, -0.2) is 18.4 Å². The summed E-state index contributed by atoms with van der Waals surface area (Å²) in [5.41, 5.74) is 2.40. The molecule has 0 aliphatic carbocycles. The molecule has 0 aliphatic rings. The molecule has 0 atom stereocenters. The van der Waals surface area contributed by atoms with Crippen LogP contribution in [0, 0.1) is 0 Å². The van der Waals surface area contributed by atoms with Crippen molar-refractivity contribution < 1.29 is 8.42 Å². The Morgan fingerprint density at radius 2 is 2.00 bits per heavy atom. The summed E-state index contributed by atoms with van der Waals surface area (Å²) in [6.45, 7) is 0. The number of nitrogens with one attached hydrogen (secondary N) is 1. The van der Waals surface area contributed by atoms with Crippen molar-refractivity contribution in [3.8, 4) is 0 Å². The highest BCUT2D eigenvalue weighted by Crippen LogP contribution is 2.18. The first-order valence-corrected chi connectivity index (χ1v) is 8.00. The van der Waals surface area contributed by atoms with Gasteiger partial charge in [0.25, 0.3) is 0 Å². The van der Waals surface area contributed by atoms with Crippen molar-refractivity contribution >= 4 is 20.9 Å². The predicted molar refractivity (Wildman–Crippen MR) is 76.2 cm³/mol. The minimum Gasteiger partial charge on any atom is -0.359 e. The molecule has 2 aromatic heterocycles. The minimum absolute atomic E-state index is 0.331. The summed E-state index contributed by atoms with van der Waals surface area (Å²) in [5.74, 6) is 0.605. The van der Waals surface area contributed by atoms with Crippen LogP contribution in [0.25, 0.3) is 11.0 Å². The molecule has 20 heavy (non-hydrogen) atoms. The molecular formula is C14H13N3O2S. The highest BCUT2D eigenvalue weighted by Gasteiger charge is 2.13. The zero-order valence-electron chi connectivity index (χ0n) is 10.9. The SMILES string of the molecule is CS(=O)(=O)c1ccccc1Cc1ncc2[nH]ccc2n1. The van der Waals surface area contributed by atoms with E-state index in [2.05, 4.69) is 15.0 Å². The first-order chi connectivity index (χ1) is 9.54. The van der Waals surface area contributed by atoms with E-state index in [1.54, 1.807) is 30.6 Å². The van der Waals surface area contributed by atoms with Gasteiger partial charge >= 0.3 is 0 Å². The van der Waals surface area contributed by atoms with Crippen molar-refractivity contribution in [1.82, 2.24) is 15.0 Å². The Kier molecular flexibility index (Phi) is 3.02. The van der Waals surface area contributed by atoms with Crippen LogP contribution in [0.2, 0.25) is 0 Å². The first kappa shape index (κ1) is 12.8. The molecule has 0 spiro atoms. The fourth-order valence-corrected chi connectivity index (χ4v) is 3.09. The lowest BCUT2D eigenvalue weighted by Crippen LogP contribution is -2.04. The third-order valence-electron chi connectivity index (χ3n) is 3.07. The van der Waals surface area contributed by atoms with Gasteiger partial charge in [0.15, 0.2) is 9.84 Å². The van der Waals surface area contributed by atoms with Crippen molar-refractivity contribution in [3.63, 3.8) is 0 Å². The van der Waals surface area contributed by atoms with Gasteiger partial charge in [-0.3, -0.25) is 0 Å². The lowest BCUT2D eigenvalue weighted by atomic mass is 10.1. The van der Waals surface area contributed by atoms with Gasteiger partial charge < -0.3 is 4.98 Å². The third-order valence-corrected chi connectivity index (χ3v) is 4.27. The van der Waals surface area contributed by atoms with Gasteiger partial charge in [0.2, 0.25) is 0 Å². The maximum absolute atomic E-state index is 11.8. The van der Waals surface area contributed by atoms with Crippen LogP contribution < -0.4 is 0 Å². The van der Waals surface area contributed by atoms with Crippen molar-refractivity contribution in [1.29, 1.82) is 0 Å². The van der Waals surface area contributed by atoms with Crippen molar-refractivity contribution in [3.05, 3.63) is 54.1 Å². The van der Waals surface area contributed by atoms with Crippen LogP contribution >= 0.6 is 0 Å². The summed E-state index contributed by atoms with van der Waals surface area (Å²) in [6.07, 6.45) is 5.11. The number of sulfone groups is 1. The second-order valence-electron chi connectivity index (χ2n) is 4.62. The maximum Gasteiger partial charge on any atom is 0.175 e. The van der Waals surface area contributed by atoms with Crippen LogP contribution in [-0.4, -0.2) is 29.6 Å². The number of H-pyrrole nitrogens is 1. The molecule has 0 aliphatic heterocycles. The third kappa shape index (κ3) is 2.42. The van der Waals surface area contributed by atoms with E-state index < -0.39 is 9.84 Å². The molecule has 3 aromatic rings. The summed E-state index contributed by atoms with van der Waals surface area (Å²) in [4.78, 5) is 12.0. The number of hydrogen-bond acceptors (Lipinski definition) is 4. The highest BCUT2D eigenvalue weighted by atomic mass is 32.2. The van der Waals surface area contributed by atoms with E-state index in [9.17, 15) is 8.42 Å². The molecule has 0 amide bonds. The molecule has 0 saturated carbocycles. The quantitative estimate of drug-likeness (QED) is 0.799. The van der Waals surface area contributed by atoms with Crippen molar-refractivity contribution in [2.24, 2.45) is 0 Å². The number of hydrogen-bond donors (Lipinski definition) is 1. The number of nitrogens with zero attached hydrogens (tertiary/aromatic N) is 2. The molecular weight excluding hydrogens is 274 g/mol. The first-order valence-electron chi connectivity index (χ1n) is 6.11. The maximum atomic E-state index is 11.8. The molecule has 102 valence electrons. The Morgan fingerprint density at radius 3 is 2.80 bits per heavy atom. The lowest BCUT2D eigenvalue weighted by molar-refractivity contribution is 0.601. The smallest absolute Gasteiger partial charge is 0.175 e. The van der Waals surface area contributed by atoms with Gasteiger partial charge in [0, 0.05) is 18.9 Å². The normalized spacial score (nSPS) is 11.8. The Hall–Kier alpha value is -2.21. The molecule has 0 unspecified atom stereocenters. The van der Waals surface area contributed by atoms with Gasteiger partial charge in [-0.2, -0.15) is 0 Å². The number of fused-ring (bicyclic) bond motifs is 1. The molecule has 0 bridgehead atoms. The molecule has 6 heteroatoms. The molecule has 3 rings (SSSR count). The number of benzene rings is 1. The van der Waals surface area contributed by atoms with Gasteiger partial charge in [-0.15, -0.1) is 0 Å². The number of aromatic amines is 1. The molecule has 1 N–H and O–H groups in total. The summed E-state index contributed by atoms with van der Waals surface area (Å²) >= 11 is 0. The van der Waals surface area contributed by atoms with Crippen molar-refractivity contribution in [2.75, 3.05) is 6.26 Å². The number of rotatable bonds is 3. The molecule has 0 saturated heterocycles. The average molecular weight is 287 g/mol. The zero-order chi connectivity index (χ0) is 14.2. The van der Waals surface area contributed by atoms with Crippen LogP contribution in [0.1, 0.15) is 11.4 Å². The summed E-state index contributed by atoms with van der Waals surface area (Å²) in [5, 5.41) is 0. The van der Waals surface area contributed by atoms with Gasteiger partial charge in [-0.1, -0.05) is 18.2 Å². The monoisotopic (exact) mass is 287 g/mol. The van der Waals surface area contributed by atoms with E-state index in [-0.39, 0.29) is 0 Å². The Labute approximate surface area is 116 Å². The molecule has 0 fully saturated rings. The molecule has 5 nitrogen and oxygen atoms in total. The van der Waals surface area contributed by atoms with Crippen LogP contribution in [0.5, 0.6) is 0 Å². The van der Waals surface area contributed by atoms with Gasteiger partial charge in [0.1, 0.15) is 5.82 Å².